The first kappa shape index (κ1) is 28.3. The number of halogens is 2. The van der Waals surface area contributed by atoms with Crippen LogP contribution in [0, 0.1) is 16.3 Å². The molecule has 11 nitrogen and oxygen atoms in total. The quantitative estimate of drug-likeness (QED) is 0.220. The third-order valence-electron chi connectivity index (χ3n) is 7.54. The largest absolute Gasteiger partial charge is 0.339 e. The predicted octanol–water partition coefficient (Wildman–Crippen LogP) is 2.82. The Bertz CT molecular complexity index is 1890. The van der Waals surface area contributed by atoms with Gasteiger partial charge in [0.2, 0.25) is 5.91 Å². The third-order valence-corrected chi connectivity index (χ3v) is 8.21. The number of fused-ring (bicyclic) bond motifs is 1. The summed E-state index contributed by atoms with van der Waals surface area (Å²) < 4.78 is 18.0. The average molecular weight is 685 g/mol. The number of aromatic nitrogens is 3. The molecular formula is C29H29FIN7O4. The monoisotopic (exact) mass is 685 g/mol. The van der Waals surface area contributed by atoms with Crippen molar-refractivity contribution in [1.82, 2.24) is 24.3 Å². The minimum Gasteiger partial charge on any atom is -0.339 e. The summed E-state index contributed by atoms with van der Waals surface area (Å²) in [5, 5.41) is 9.10. The van der Waals surface area contributed by atoms with Gasteiger partial charge < -0.3 is 20.9 Å². The normalized spacial score (nSPS) is 15.6. The molecule has 0 atom stereocenters. The van der Waals surface area contributed by atoms with Crippen molar-refractivity contribution >= 4 is 56.6 Å². The second-order valence-corrected chi connectivity index (χ2v) is 11.8. The number of carbonyl (C=O) groups is 1. The van der Waals surface area contributed by atoms with Gasteiger partial charge in [0.1, 0.15) is 17.0 Å². The average Bonchev–Trinajstić information content (AvgIpc) is 3.79. The van der Waals surface area contributed by atoms with Crippen LogP contribution in [-0.2, 0) is 4.79 Å². The van der Waals surface area contributed by atoms with Crippen LogP contribution in [0.3, 0.4) is 0 Å². The van der Waals surface area contributed by atoms with E-state index in [0.29, 0.717) is 27.8 Å². The highest BCUT2D eigenvalue weighted by molar-refractivity contribution is 14.1. The van der Waals surface area contributed by atoms with Crippen molar-refractivity contribution in [2.45, 2.75) is 25.8 Å². The molecule has 0 spiro atoms. The number of hydrogen-bond acceptors (Lipinski definition) is 7. The first-order valence-electron chi connectivity index (χ1n) is 13.7. The maximum atomic E-state index is 14.8. The Labute approximate surface area is 252 Å². The lowest BCUT2D eigenvalue weighted by atomic mass is 10.1. The molecule has 1 aliphatic heterocycles. The van der Waals surface area contributed by atoms with Crippen molar-refractivity contribution in [3.8, 4) is 5.69 Å². The second-order valence-electron chi connectivity index (χ2n) is 10.6. The number of anilines is 3. The summed E-state index contributed by atoms with van der Waals surface area (Å²) in [6, 6.07) is 11.0. The van der Waals surface area contributed by atoms with Crippen LogP contribution < -0.4 is 32.8 Å². The smallest absolute Gasteiger partial charge is 0.336 e. The number of aromatic amines is 1. The van der Waals surface area contributed by atoms with Crippen molar-refractivity contribution in [3.63, 3.8) is 0 Å². The van der Waals surface area contributed by atoms with Crippen LogP contribution in [0.4, 0.5) is 21.6 Å². The fraction of sp³-hybridized carbons (Fsp3) is 0.310. The van der Waals surface area contributed by atoms with Gasteiger partial charge in [-0.3, -0.25) is 28.4 Å². The molecule has 42 heavy (non-hydrogen) atoms. The molecule has 4 aromatic rings. The van der Waals surface area contributed by atoms with Gasteiger partial charge >= 0.3 is 5.69 Å². The van der Waals surface area contributed by atoms with Crippen molar-refractivity contribution in [1.29, 1.82) is 0 Å². The Morgan fingerprint density at radius 2 is 1.86 bits per heavy atom. The number of H-pyrrole nitrogens is 1. The Balaban J connectivity index is 1.49. The van der Waals surface area contributed by atoms with Crippen LogP contribution >= 0.6 is 22.6 Å². The highest BCUT2D eigenvalue weighted by atomic mass is 127. The molecule has 2 aliphatic rings. The second kappa shape index (κ2) is 11.5. The van der Waals surface area contributed by atoms with Gasteiger partial charge in [-0.25, -0.2) is 9.18 Å². The lowest BCUT2D eigenvalue weighted by molar-refractivity contribution is -0.117. The summed E-state index contributed by atoms with van der Waals surface area (Å²) in [5.74, 6) is -0.751. The van der Waals surface area contributed by atoms with Crippen LogP contribution in [0.15, 0.2) is 56.8 Å². The number of nitrogens with one attached hydrogen (secondary N) is 4. The zero-order chi connectivity index (χ0) is 29.5. The Morgan fingerprint density at radius 1 is 1.10 bits per heavy atom. The topological polar surface area (TPSA) is 133 Å². The summed E-state index contributed by atoms with van der Waals surface area (Å²) in [4.78, 5) is 58.5. The SMILES string of the molecule is Cc1c(=O)[nH]c(Nc2ccc(I)cc2F)c2c(=O)n(C3CC3)c(=O)n(-c3cccc(NC(=O)CN4CCNCC4)c3)c12. The number of amides is 1. The Morgan fingerprint density at radius 3 is 2.57 bits per heavy atom. The number of rotatable bonds is 7. The molecule has 13 heteroatoms. The van der Waals surface area contributed by atoms with Crippen LogP contribution in [0.2, 0.25) is 0 Å². The van der Waals surface area contributed by atoms with Gasteiger partial charge in [-0.15, -0.1) is 0 Å². The molecule has 2 aromatic heterocycles. The van der Waals surface area contributed by atoms with E-state index in [9.17, 15) is 23.6 Å². The summed E-state index contributed by atoms with van der Waals surface area (Å²) in [6.07, 6.45) is 1.33. The van der Waals surface area contributed by atoms with Gasteiger partial charge in [0.15, 0.2) is 0 Å². The molecule has 3 heterocycles. The van der Waals surface area contributed by atoms with Crippen LogP contribution in [0.1, 0.15) is 24.4 Å². The molecule has 4 N–H and O–H groups in total. The van der Waals surface area contributed by atoms with Crippen LogP contribution in [-0.4, -0.2) is 57.6 Å². The van der Waals surface area contributed by atoms with Crippen molar-refractivity contribution in [3.05, 3.63) is 88.6 Å². The van der Waals surface area contributed by atoms with E-state index in [2.05, 4.69) is 25.8 Å². The highest BCUT2D eigenvalue weighted by Crippen LogP contribution is 2.34. The van der Waals surface area contributed by atoms with E-state index in [-0.39, 0.29) is 46.5 Å². The highest BCUT2D eigenvalue weighted by Gasteiger charge is 2.31. The van der Waals surface area contributed by atoms with Gasteiger partial charge in [-0.2, -0.15) is 0 Å². The van der Waals surface area contributed by atoms with E-state index in [1.165, 1.54) is 28.2 Å². The first-order chi connectivity index (χ1) is 20.2. The molecule has 2 aromatic carbocycles. The fourth-order valence-electron chi connectivity index (χ4n) is 5.29. The zero-order valence-corrected chi connectivity index (χ0v) is 25.0. The lowest BCUT2D eigenvalue weighted by Crippen LogP contribution is -2.46. The number of hydrogen-bond donors (Lipinski definition) is 4. The van der Waals surface area contributed by atoms with E-state index in [0.717, 1.165) is 26.2 Å². The number of piperazine rings is 1. The molecular weight excluding hydrogens is 656 g/mol. The molecule has 6 rings (SSSR count). The zero-order valence-electron chi connectivity index (χ0n) is 22.8. The molecule has 2 fully saturated rings. The minimum atomic E-state index is -0.584. The molecule has 0 radical (unpaired) electrons. The Hall–Kier alpha value is -3.82. The summed E-state index contributed by atoms with van der Waals surface area (Å²) in [6.45, 7) is 4.95. The molecule has 218 valence electrons. The van der Waals surface area contributed by atoms with Crippen molar-refractivity contribution < 1.29 is 9.18 Å². The minimum absolute atomic E-state index is 0.00524. The van der Waals surface area contributed by atoms with E-state index in [1.807, 2.05) is 22.6 Å². The summed E-state index contributed by atoms with van der Waals surface area (Å²) in [5.41, 5.74) is -0.500. The van der Waals surface area contributed by atoms with Gasteiger partial charge in [0, 0.05) is 47.0 Å². The van der Waals surface area contributed by atoms with E-state index < -0.39 is 22.6 Å². The van der Waals surface area contributed by atoms with Gasteiger partial charge in [-0.1, -0.05) is 6.07 Å². The van der Waals surface area contributed by atoms with Crippen LogP contribution in [0.5, 0.6) is 0 Å². The molecule has 0 bridgehead atoms. The number of benzene rings is 2. The maximum Gasteiger partial charge on any atom is 0.336 e. The molecule has 1 saturated carbocycles. The summed E-state index contributed by atoms with van der Waals surface area (Å²) in [7, 11) is 0. The first-order valence-corrected chi connectivity index (χ1v) is 14.8. The van der Waals surface area contributed by atoms with Gasteiger partial charge in [0.05, 0.1) is 23.4 Å². The van der Waals surface area contributed by atoms with Gasteiger partial charge in [0.25, 0.3) is 11.1 Å². The predicted molar refractivity (Wildman–Crippen MR) is 168 cm³/mol. The standard InChI is InChI=1S/C29H29FIN7O4/c1-16-25-24(26(35-27(16)40)34-22-8-5-17(31)13-21(22)30)28(41)38(19-6-7-19)29(42)37(25)20-4-2-3-18(14-20)33-23(39)15-36-11-9-32-10-12-36/h2-5,8,13-14,19,32H,6-7,9-12,15H2,1H3,(H,33,39)(H2,34,35,40). The fourth-order valence-corrected chi connectivity index (χ4v) is 5.74. The number of aryl methyl sites for hydroxylation is 1. The number of carbonyl (C=O) groups excluding carboxylic acids is 1. The molecule has 0 unspecified atom stereocenters. The molecule has 1 aliphatic carbocycles. The molecule has 1 saturated heterocycles. The van der Waals surface area contributed by atoms with Crippen LogP contribution in [0.25, 0.3) is 16.6 Å². The van der Waals surface area contributed by atoms with Gasteiger partial charge in [-0.05, 0) is 78.8 Å². The third kappa shape index (κ3) is 5.51. The van der Waals surface area contributed by atoms with E-state index >= 15 is 0 Å². The van der Waals surface area contributed by atoms with Crippen molar-refractivity contribution in [2.24, 2.45) is 0 Å². The number of pyridine rings is 1. The number of nitrogens with zero attached hydrogens (tertiary/aromatic N) is 3. The molecule has 1 amide bonds. The van der Waals surface area contributed by atoms with E-state index in [4.69, 9.17) is 0 Å². The maximum absolute atomic E-state index is 14.8. The summed E-state index contributed by atoms with van der Waals surface area (Å²) >= 11 is 1.99. The Kier molecular flexibility index (Phi) is 7.72. The van der Waals surface area contributed by atoms with E-state index in [1.54, 1.807) is 30.3 Å². The lowest BCUT2D eigenvalue weighted by Gasteiger charge is -2.26. The van der Waals surface area contributed by atoms with Crippen molar-refractivity contribution in [2.75, 3.05) is 43.4 Å².